The summed E-state index contributed by atoms with van der Waals surface area (Å²) in [5, 5.41) is 11.9. The Labute approximate surface area is 94.5 Å². The van der Waals surface area contributed by atoms with Gasteiger partial charge in [-0.2, -0.15) is 4.80 Å². The van der Waals surface area contributed by atoms with Crippen LogP contribution in [-0.2, 0) is 12.5 Å². The fraction of sp³-hybridized carbons (Fsp3) is 0.455. The summed E-state index contributed by atoms with van der Waals surface area (Å²) in [7, 11) is 1.75. The standard InChI is InChI=1S/C11H15N5/c1-11(2,3)9-5-8(6-12-7-9)10-13-15-16(4)14-10/h5-7H,1-4H3. The normalized spacial score (nSPS) is 11.8. The van der Waals surface area contributed by atoms with Crippen molar-refractivity contribution >= 4 is 0 Å². The number of nitrogens with zero attached hydrogens (tertiary/aromatic N) is 5. The van der Waals surface area contributed by atoms with E-state index in [1.54, 1.807) is 13.2 Å². The van der Waals surface area contributed by atoms with Crippen molar-refractivity contribution in [1.29, 1.82) is 0 Å². The Kier molecular flexibility index (Phi) is 2.46. The Bertz CT molecular complexity index is 495. The maximum Gasteiger partial charge on any atom is 0.206 e. The molecule has 0 saturated carbocycles. The van der Waals surface area contributed by atoms with Crippen LogP contribution in [0.15, 0.2) is 18.5 Å². The van der Waals surface area contributed by atoms with Crippen LogP contribution in [0.5, 0.6) is 0 Å². The fourth-order valence-electron chi connectivity index (χ4n) is 1.37. The largest absolute Gasteiger partial charge is 0.264 e. The summed E-state index contributed by atoms with van der Waals surface area (Å²) in [4.78, 5) is 5.66. The highest BCUT2D eigenvalue weighted by atomic mass is 15.6. The van der Waals surface area contributed by atoms with Crippen LogP contribution in [0.1, 0.15) is 26.3 Å². The van der Waals surface area contributed by atoms with Gasteiger partial charge in [0.15, 0.2) is 0 Å². The van der Waals surface area contributed by atoms with Crippen molar-refractivity contribution in [3.8, 4) is 11.4 Å². The van der Waals surface area contributed by atoms with E-state index in [1.807, 2.05) is 6.20 Å². The van der Waals surface area contributed by atoms with E-state index in [4.69, 9.17) is 0 Å². The molecule has 0 N–H and O–H groups in total. The first-order chi connectivity index (χ1) is 7.47. The second kappa shape index (κ2) is 3.66. The van der Waals surface area contributed by atoms with E-state index in [1.165, 1.54) is 4.80 Å². The fourth-order valence-corrected chi connectivity index (χ4v) is 1.37. The molecule has 0 fully saturated rings. The number of tetrazole rings is 1. The molecule has 84 valence electrons. The van der Waals surface area contributed by atoms with Crippen LogP contribution < -0.4 is 0 Å². The molecule has 0 amide bonds. The first kappa shape index (κ1) is 10.7. The zero-order valence-corrected chi connectivity index (χ0v) is 9.97. The topological polar surface area (TPSA) is 56.5 Å². The summed E-state index contributed by atoms with van der Waals surface area (Å²) >= 11 is 0. The van der Waals surface area contributed by atoms with Gasteiger partial charge in [0.05, 0.1) is 7.05 Å². The molecular weight excluding hydrogens is 202 g/mol. The van der Waals surface area contributed by atoms with Crippen LogP contribution in [0.2, 0.25) is 0 Å². The van der Waals surface area contributed by atoms with Crippen LogP contribution in [0.4, 0.5) is 0 Å². The monoisotopic (exact) mass is 217 g/mol. The van der Waals surface area contributed by atoms with E-state index in [-0.39, 0.29) is 5.41 Å². The molecular formula is C11H15N5. The number of aromatic nitrogens is 5. The summed E-state index contributed by atoms with van der Waals surface area (Å²) in [6.07, 6.45) is 3.63. The molecule has 2 aromatic heterocycles. The van der Waals surface area contributed by atoms with Crippen molar-refractivity contribution in [1.82, 2.24) is 25.2 Å². The molecule has 5 nitrogen and oxygen atoms in total. The van der Waals surface area contributed by atoms with Crippen molar-refractivity contribution in [2.75, 3.05) is 0 Å². The van der Waals surface area contributed by atoms with Crippen molar-refractivity contribution < 1.29 is 0 Å². The van der Waals surface area contributed by atoms with Crippen molar-refractivity contribution in [2.24, 2.45) is 7.05 Å². The molecule has 2 rings (SSSR count). The lowest BCUT2D eigenvalue weighted by atomic mass is 9.87. The summed E-state index contributed by atoms with van der Waals surface area (Å²) in [6.45, 7) is 6.45. The molecule has 16 heavy (non-hydrogen) atoms. The minimum absolute atomic E-state index is 0.0746. The van der Waals surface area contributed by atoms with Gasteiger partial charge >= 0.3 is 0 Å². The van der Waals surface area contributed by atoms with Gasteiger partial charge in [-0.3, -0.25) is 4.98 Å². The predicted octanol–water partition coefficient (Wildman–Crippen LogP) is 1.57. The molecule has 0 bridgehead atoms. The first-order valence-electron chi connectivity index (χ1n) is 5.17. The first-order valence-corrected chi connectivity index (χ1v) is 5.17. The van der Waals surface area contributed by atoms with Gasteiger partial charge in [0.25, 0.3) is 0 Å². The van der Waals surface area contributed by atoms with Gasteiger partial charge in [-0.1, -0.05) is 20.8 Å². The second-order valence-electron chi connectivity index (χ2n) is 4.81. The molecule has 0 atom stereocenters. The highest BCUT2D eigenvalue weighted by molar-refractivity contribution is 5.53. The van der Waals surface area contributed by atoms with Gasteiger partial charge in [-0.25, -0.2) is 0 Å². The third-order valence-electron chi connectivity index (χ3n) is 2.37. The lowest BCUT2D eigenvalue weighted by molar-refractivity contribution is 0.587. The predicted molar refractivity (Wildman–Crippen MR) is 60.7 cm³/mol. The van der Waals surface area contributed by atoms with Crippen LogP contribution in [-0.4, -0.2) is 25.2 Å². The minimum atomic E-state index is 0.0746. The van der Waals surface area contributed by atoms with E-state index in [2.05, 4.69) is 47.2 Å². The molecule has 0 radical (unpaired) electrons. The van der Waals surface area contributed by atoms with Crippen LogP contribution in [0.25, 0.3) is 11.4 Å². The van der Waals surface area contributed by atoms with Gasteiger partial charge in [-0.05, 0) is 22.3 Å². The maximum absolute atomic E-state index is 4.22. The molecule has 0 aliphatic rings. The number of aryl methyl sites for hydroxylation is 1. The van der Waals surface area contributed by atoms with Gasteiger partial charge < -0.3 is 0 Å². The lowest BCUT2D eigenvalue weighted by Gasteiger charge is -2.18. The van der Waals surface area contributed by atoms with E-state index < -0.39 is 0 Å². The zero-order chi connectivity index (χ0) is 11.8. The Morgan fingerprint density at radius 1 is 1.19 bits per heavy atom. The minimum Gasteiger partial charge on any atom is -0.264 e. The molecule has 0 saturated heterocycles. The van der Waals surface area contributed by atoms with E-state index >= 15 is 0 Å². The Morgan fingerprint density at radius 3 is 2.50 bits per heavy atom. The second-order valence-corrected chi connectivity index (χ2v) is 4.81. The quantitative estimate of drug-likeness (QED) is 0.727. The van der Waals surface area contributed by atoms with Gasteiger partial charge in [0.2, 0.25) is 5.82 Å². The van der Waals surface area contributed by atoms with Gasteiger partial charge in [0, 0.05) is 18.0 Å². The average molecular weight is 217 g/mol. The zero-order valence-electron chi connectivity index (χ0n) is 9.97. The molecule has 2 aromatic rings. The van der Waals surface area contributed by atoms with Crippen LogP contribution in [0, 0.1) is 0 Å². The number of pyridine rings is 1. The Hall–Kier alpha value is -1.78. The van der Waals surface area contributed by atoms with Crippen molar-refractivity contribution in [3.63, 3.8) is 0 Å². The van der Waals surface area contributed by atoms with Crippen molar-refractivity contribution in [3.05, 3.63) is 24.0 Å². The Morgan fingerprint density at radius 2 is 1.94 bits per heavy atom. The van der Waals surface area contributed by atoms with Crippen LogP contribution in [0.3, 0.4) is 0 Å². The molecule has 0 aliphatic heterocycles. The summed E-state index contributed by atoms with van der Waals surface area (Å²) in [6, 6.07) is 2.06. The maximum atomic E-state index is 4.22. The lowest BCUT2D eigenvalue weighted by Crippen LogP contribution is -2.11. The summed E-state index contributed by atoms with van der Waals surface area (Å²) < 4.78 is 0. The Balaban J connectivity index is 2.44. The third-order valence-corrected chi connectivity index (χ3v) is 2.37. The van der Waals surface area contributed by atoms with Crippen LogP contribution >= 0.6 is 0 Å². The van der Waals surface area contributed by atoms with E-state index in [9.17, 15) is 0 Å². The third kappa shape index (κ3) is 2.08. The number of hydrogen-bond acceptors (Lipinski definition) is 4. The summed E-state index contributed by atoms with van der Waals surface area (Å²) in [5.74, 6) is 0.612. The van der Waals surface area contributed by atoms with E-state index in [0.29, 0.717) is 5.82 Å². The number of rotatable bonds is 1. The molecule has 5 heteroatoms. The van der Waals surface area contributed by atoms with Crippen molar-refractivity contribution in [2.45, 2.75) is 26.2 Å². The van der Waals surface area contributed by atoms with Gasteiger partial charge in [0.1, 0.15) is 0 Å². The molecule has 2 heterocycles. The van der Waals surface area contributed by atoms with Gasteiger partial charge in [-0.15, -0.1) is 10.2 Å². The van der Waals surface area contributed by atoms with E-state index in [0.717, 1.165) is 11.1 Å². The summed E-state index contributed by atoms with van der Waals surface area (Å²) in [5.41, 5.74) is 2.14. The highest BCUT2D eigenvalue weighted by Gasteiger charge is 2.15. The number of hydrogen-bond donors (Lipinski definition) is 0. The molecule has 0 unspecified atom stereocenters. The molecule has 0 aromatic carbocycles. The SMILES string of the molecule is Cn1nnc(-c2cncc(C(C)(C)C)c2)n1. The smallest absolute Gasteiger partial charge is 0.206 e. The highest BCUT2D eigenvalue weighted by Crippen LogP contribution is 2.24. The molecule has 0 aliphatic carbocycles. The molecule has 0 spiro atoms. The average Bonchev–Trinajstić information content (AvgIpc) is 2.64.